The first-order valence-corrected chi connectivity index (χ1v) is 5.71. The van der Waals surface area contributed by atoms with Crippen LogP contribution in [0.4, 0.5) is 4.39 Å². The summed E-state index contributed by atoms with van der Waals surface area (Å²) in [5.74, 6) is -0.439. The molecule has 0 aliphatic carbocycles. The standard InChI is InChI=1S/C14H11ClFNO/c1-2-14(18)12-8-17-6-5-10(12)11-4-3-9(15)7-13(11)16/h2-8,14,18H,1H2. The van der Waals surface area contributed by atoms with E-state index in [4.69, 9.17) is 11.6 Å². The zero-order valence-electron chi connectivity index (χ0n) is 9.48. The second kappa shape index (κ2) is 5.29. The Kier molecular flexibility index (Phi) is 3.75. The van der Waals surface area contributed by atoms with Crippen molar-refractivity contribution in [3.63, 3.8) is 0 Å². The van der Waals surface area contributed by atoms with Gasteiger partial charge in [0, 0.05) is 28.5 Å². The van der Waals surface area contributed by atoms with Crippen LogP contribution in [-0.2, 0) is 0 Å². The van der Waals surface area contributed by atoms with Crippen molar-refractivity contribution in [2.45, 2.75) is 6.10 Å². The molecule has 1 atom stereocenters. The van der Waals surface area contributed by atoms with E-state index in [-0.39, 0.29) is 0 Å². The van der Waals surface area contributed by atoms with Crippen LogP contribution in [0.5, 0.6) is 0 Å². The summed E-state index contributed by atoms with van der Waals surface area (Å²) in [6.07, 6.45) is 3.52. The van der Waals surface area contributed by atoms with Crippen LogP contribution < -0.4 is 0 Å². The molecule has 4 heteroatoms. The lowest BCUT2D eigenvalue weighted by Crippen LogP contribution is -1.98. The minimum atomic E-state index is -0.885. The summed E-state index contributed by atoms with van der Waals surface area (Å²) in [5, 5.41) is 10.1. The average molecular weight is 264 g/mol. The molecule has 0 fully saturated rings. The highest BCUT2D eigenvalue weighted by Crippen LogP contribution is 2.31. The number of nitrogens with zero attached hydrogens (tertiary/aromatic N) is 1. The number of halogens is 2. The summed E-state index contributed by atoms with van der Waals surface area (Å²) in [4.78, 5) is 3.93. The normalized spacial score (nSPS) is 12.2. The van der Waals surface area contributed by atoms with Gasteiger partial charge >= 0.3 is 0 Å². The van der Waals surface area contributed by atoms with Gasteiger partial charge in [-0.05, 0) is 29.8 Å². The van der Waals surface area contributed by atoms with E-state index in [1.807, 2.05) is 0 Å². The Labute approximate surface area is 109 Å². The van der Waals surface area contributed by atoms with Gasteiger partial charge in [0.1, 0.15) is 5.82 Å². The van der Waals surface area contributed by atoms with E-state index >= 15 is 0 Å². The van der Waals surface area contributed by atoms with Gasteiger partial charge in [-0.25, -0.2) is 4.39 Å². The van der Waals surface area contributed by atoms with Gasteiger partial charge < -0.3 is 5.11 Å². The van der Waals surface area contributed by atoms with Gasteiger partial charge in [-0.1, -0.05) is 17.7 Å². The number of benzene rings is 1. The average Bonchev–Trinajstić information content (AvgIpc) is 2.38. The lowest BCUT2D eigenvalue weighted by atomic mass is 9.98. The third kappa shape index (κ3) is 2.42. The first-order valence-electron chi connectivity index (χ1n) is 5.33. The van der Waals surface area contributed by atoms with Crippen molar-refractivity contribution in [2.75, 3.05) is 0 Å². The van der Waals surface area contributed by atoms with Gasteiger partial charge in [-0.3, -0.25) is 4.98 Å². The maximum Gasteiger partial charge on any atom is 0.132 e. The van der Waals surface area contributed by atoms with Crippen LogP contribution in [0, 0.1) is 5.82 Å². The fourth-order valence-electron chi connectivity index (χ4n) is 1.72. The Morgan fingerprint density at radius 1 is 1.33 bits per heavy atom. The first-order chi connectivity index (χ1) is 8.63. The molecule has 0 aliphatic rings. The molecule has 0 amide bonds. The number of aliphatic hydroxyl groups is 1. The molecule has 2 aromatic rings. The zero-order chi connectivity index (χ0) is 13.1. The Morgan fingerprint density at radius 2 is 2.11 bits per heavy atom. The Balaban J connectivity index is 2.60. The second-order valence-corrected chi connectivity index (χ2v) is 4.20. The van der Waals surface area contributed by atoms with Crippen LogP contribution in [0.15, 0.2) is 49.3 Å². The molecule has 2 nitrogen and oxygen atoms in total. The smallest absolute Gasteiger partial charge is 0.132 e. The van der Waals surface area contributed by atoms with Crippen molar-refractivity contribution in [1.82, 2.24) is 4.98 Å². The van der Waals surface area contributed by atoms with E-state index in [1.165, 1.54) is 18.3 Å². The predicted octanol–water partition coefficient (Wildman–Crippen LogP) is 3.76. The van der Waals surface area contributed by atoms with Gasteiger partial charge in [-0.15, -0.1) is 6.58 Å². The molecule has 92 valence electrons. The van der Waals surface area contributed by atoms with Crippen molar-refractivity contribution in [3.8, 4) is 11.1 Å². The molecule has 0 saturated carbocycles. The largest absolute Gasteiger partial charge is 0.384 e. The maximum absolute atomic E-state index is 13.9. The summed E-state index contributed by atoms with van der Waals surface area (Å²) in [6, 6.07) is 6.06. The third-order valence-corrected chi connectivity index (χ3v) is 2.85. The summed E-state index contributed by atoms with van der Waals surface area (Å²) in [5.41, 5.74) is 1.46. The molecule has 0 aliphatic heterocycles. The number of rotatable bonds is 3. The van der Waals surface area contributed by atoms with E-state index in [1.54, 1.807) is 24.4 Å². The SMILES string of the molecule is C=CC(O)c1cnccc1-c1ccc(Cl)cc1F. The molecule has 1 N–H and O–H groups in total. The number of aromatic nitrogens is 1. The van der Waals surface area contributed by atoms with Crippen LogP contribution in [0.3, 0.4) is 0 Å². The molecule has 0 saturated heterocycles. The molecule has 1 heterocycles. The molecule has 1 aromatic carbocycles. The predicted molar refractivity (Wildman–Crippen MR) is 69.8 cm³/mol. The van der Waals surface area contributed by atoms with Crippen LogP contribution in [-0.4, -0.2) is 10.1 Å². The van der Waals surface area contributed by atoms with Crippen molar-refractivity contribution < 1.29 is 9.50 Å². The van der Waals surface area contributed by atoms with Crippen molar-refractivity contribution in [1.29, 1.82) is 0 Å². The Bertz CT molecular complexity index is 586. The molecule has 1 unspecified atom stereocenters. The summed E-state index contributed by atoms with van der Waals surface area (Å²) in [6.45, 7) is 3.52. The molecule has 1 aromatic heterocycles. The maximum atomic E-state index is 13.9. The van der Waals surface area contributed by atoms with E-state index < -0.39 is 11.9 Å². The van der Waals surface area contributed by atoms with E-state index in [9.17, 15) is 9.50 Å². The van der Waals surface area contributed by atoms with Crippen LogP contribution in [0.25, 0.3) is 11.1 Å². The summed E-state index contributed by atoms with van der Waals surface area (Å²) in [7, 11) is 0. The van der Waals surface area contributed by atoms with Gasteiger partial charge in [0.15, 0.2) is 0 Å². The van der Waals surface area contributed by atoms with Crippen molar-refractivity contribution in [2.24, 2.45) is 0 Å². The summed E-state index contributed by atoms with van der Waals surface area (Å²) >= 11 is 5.72. The minimum absolute atomic E-state index is 0.330. The Hall–Kier alpha value is -1.71. The molecule has 0 spiro atoms. The molecule has 0 bridgehead atoms. The minimum Gasteiger partial charge on any atom is -0.384 e. The first kappa shape index (κ1) is 12.7. The highest BCUT2D eigenvalue weighted by molar-refractivity contribution is 6.30. The third-order valence-electron chi connectivity index (χ3n) is 2.62. The van der Waals surface area contributed by atoms with Crippen LogP contribution >= 0.6 is 11.6 Å². The van der Waals surface area contributed by atoms with Gasteiger partial charge in [-0.2, -0.15) is 0 Å². The number of aliphatic hydroxyl groups excluding tert-OH is 1. The fraction of sp³-hybridized carbons (Fsp3) is 0.0714. The lowest BCUT2D eigenvalue weighted by molar-refractivity contribution is 0.229. The van der Waals surface area contributed by atoms with Crippen LogP contribution in [0.2, 0.25) is 5.02 Å². The summed E-state index contributed by atoms with van der Waals surface area (Å²) < 4.78 is 13.9. The van der Waals surface area contributed by atoms with Crippen molar-refractivity contribution >= 4 is 11.6 Å². The van der Waals surface area contributed by atoms with Crippen molar-refractivity contribution in [3.05, 3.63) is 65.7 Å². The zero-order valence-corrected chi connectivity index (χ0v) is 10.2. The monoisotopic (exact) mass is 263 g/mol. The molecule has 2 rings (SSSR count). The fourth-order valence-corrected chi connectivity index (χ4v) is 1.88. The Morgan fingerprint density at radius 3 is 2.78 bits per heavy atom. The van der Waals surface area contributed by atoms with Gasteiger partial charge in [0.25, 0.3) is 0 Å². The van der Waals surface area contributed by atoms with E-state index in [0.29, 0.717) is 21.7 Å². The molecular formula is C14H11ClFNO. The highest BCUT2D eigenvalue weighted by atomic mass is 35.5. The topological polar surface area (TPSA) is 33.1 Å². The van der Waals surface area contributed by atoms with E-state index in [0.717, 1.165) is 0 Å². The number of hydrogen-bond acceptors (Lipinski definition) is 2. The lowest BCUT2D eigenvalue weighted by Gasteiger charge is -2.12. The molecule has 18 heavy (non-hydrogen) atoms. The van der Waals surface area contributed by atoms with Gasteiger partial charge in [0.05, 0.1) is 6.10 Å². The molecule has 0 radical (unpaired) electrons. The number of hydrogen-bond donors (Lipinski definition) is 1. The quantitative estimate of drug-likeness (QED) is 0.856. The highest BCUT2D eigenvalue weighted by Gasteiger charge is 2.14. The number of pyridine rings is 1. The van der Waals surface area contributed by atoms with Crippen LogP contribution in [0.1, 0.15) is 11.7 Å². The second-order valence-electron chi connectivity index (χ2n) is 3.77. The van der Waals surface area contributed by atoms with E-state index in [2.05, 4.69) is 11.6 Å². The van der Waals surface area contributed by atoms with Gasteiger partial charge in [0.2, 0.25) is 0 Å². The molecular weight excluding hydrogens is 253 g/mol.